The number of thiophene rings is 1. The molecule has 0 spiro atoms. The van der Waals surface area contributed by atoms with Gasteiger partial charge >= 0.3 is 5.97 Å². The van der Waals surface area contributed by atoms with E-state index in [1.807, 2.05) is 5.38 Å². The maximum Gasteiger partial charge on any atom is 0.341 e. The Morgan fingerprint density at radius 3 is 2.71 bits per heavy atom. The minimum Gasteiger partial charge on any atom is -0.489 e. The van der Waals surface area contributed by atoms with E-state index in [4.69, 9.17) is 26.8 Å². The number of anilines is 1. The number of halogens is 1. The fourth-order valence-corrected chi connectivity index (χ4v) is 4.35. The van der Waals surface area contributed by atoms with Crippen LogP contribution in [0.2, 0.25) is 5.02 Å². The van der Waals surface area contributed by atoms with Gasteiger partial charge in [-0.15, -0.1) is 11.3 Å². The number of nitrogens with one attached hydrogen (secondary N) is 1. The molecule has 2 aromatic carbocycles. The molecule has 2 amide bonds. The quantitative estimate of drug-likeness (QED) is 0.349. The summed E-state index contributed by atoms with van der Waals surface area (Å²) in [5.41, 5.74) is 7.12. The number of aromatic nitrogens is 1. The van der Waals surface area contributed by atoms with Crippen LogP contribution in [0.5, 0.6) is 5.75 Å². The predicted octanol–water partition coefficient (Wildman–Crippen LogP) is 4.42. The van der Waals surface area contributed by atoms with E-state index in [9.17, 15) is 14.4 Å². The van der Waals surface area contributed by atoms with Gasteiger partial charge in [-0.1, -0.05) is 23.7 Å². The summed E-state index contributed by atoms with van der Waals surface area (Å²) in [6, 6.07) is 13.7. The number of esters is 1. The Morgan fingerprint density at radius 2 is 1.91 bits per heavy atom. The maximum atomic E-state index is 12.5. The van der Waals surface area contributed by atoms with E-state index < -0.39 is 18.5 Å². The minimum atomic E-state index is -0.736. The fourth-order valence-electron chi connectivity index (χ4n) is 3.13. The van der Waals surface area contributed by atoms with Crippen molar-refractivity contribution in [2.75, 3.05) is 11.9 Å². The molecule has 4 aromatic rings. The zero-order chi connectivity index (χ0) is 24.1. The summed E-state index contributed by atoms with van der Waals surface area (Å²) in [7, 11) is 0. The van der Waals surface area contributed by atoms with Gasteiger partial charge in [0.05, 0.1) is 10.3 Å². The molecule has 0 radical (unpaired) electrons. The highest BCUT2D eigenvalue weighted by Gasteiger charge is 2.17. The highest BCUT2D eigenvalue weighted by atomic mass is 35.5. The van der Waals surface area contributed by atoms with Gasteiger partial charge in [0.25, 0.3) is 11.8 Å². The lowest BCUT2D eigenvalue weighted by Crippen LogP contribution is -2.21. The summed E-state index contributed by atoms with van der Waals surface area (Å²) < 4.78 is 11.5. The third-order valence-electron chi connectivity index (χ3n) is 4.70. The van der Waals surface area contributed by atoms with Gasteiger partial charge in [-0.3, -0.25) is 14.6 Å². The number of carbonyl (C=O) groups is 3. The predicted molar refractivity (Wildman–Crippen MR) is 129 cm³/mol. The average molecular weight is 496 g/mol. The molecule has 0 aliphatic rings. The van der Waals surface area contributed by atoms with Gasteiger partial charge in [-0.05, 0) is 35.7 Å². The summed E-state index contributed by atoms with van der Waals surface area (Å²) in [6.45, 7) is -0.284. The molecule has 0 unspecified atom stereocenters. The Bertz CT molecular complexity index is 1390. The van der Waals surface area contributed by atoms with Crippen LogP contribution in [0.25, 0.3) is 10.1 Å². The molecule has 3 N–H and O–H groups in total. The van der Waals surface area contributed by atoms with Crippen LogP contribution >= 0.6 is 22.9 Å². The Hall–Kier alpha value is -3.95. The largest absolute Gasteiger partial charge is 0.489 e. The molecular weight excluding hydrogens is 478 g/mol. The van der Waals surface area contributed by atoms with E-state index in [0.29, 0.717) is 26.7 Å². The van der Waals surface area contributed by atoms with Gasteiger partial charge in [-0.2, -0.15) is 0 Å². The first kappa shape index (κ1) is 23.2. The number of hydrogen-bond acceptors (Lipinski definition) is 7. The van der Waals surface area contributed by atoms with Gasteiger partial charge in [0.1, 0.15) is 12.4 Å². The standard InChI is InChI=1S/C24H18ClN3O5S/c25-16-4-1-3-14(7-16)23(30)28-17-5-2-6-18(8-17)32-11-15-13-34-22-19(15)9-27-10-20(22)24(31)33-12-21(26)29/h1-10,13H,11-12H2,(H2,26,29)(H,28,30). The number of carbonyl (C=O) groups excluding carboxylic acids is 3. The molecule has 8 nitrogen and oxygen atoms in total. The van der Waals surface area contributed by atoms with Crippen LogP contribution in [-0.2, 0) is 16.1 Å². The lowest BCUT2D eigenvalue weighted by atomic mass is 10.2. The van der Waals surface area contributed by atoms with Crippen molar-refractivity contribution in [3.63, 3.8) is 0 Å². The first-order valence-corrected chi connectivity index (χ1v) is 11.3. The number of rotatable bonds is 8. The fraction of sp³-hybridized carbons (Fsp3) is 0.0833. The highest BCUT2D eigenvalue weighted by molar-refractivity contribution is 7.17. The van der Waals surface area contributed by atoms with Crippen LogP contribution < -0.4 is 15.8 Å². The molecule has 34 heavy (non-hydrogen) atoms. The van der Waals surface area contributed by atoms with Gasteiger partial charge in [-0.25, -0.2) is 4.79 Å². The monoisotopic (exact) mass is 495 g/mol. The molecular formula is C24H18ClN3O5S. The summed E-state index contributed by atoms with van der Waals surface area (Å²) in [5, 5.41) is 5.90. The second-order valence-corrected chi connectivity index (χ2v) is 8.46. The molecule has 2 aromatic heterocycles. The molecule has 0 atom stereocenters. The number of ether oxygens (including phenoxy) is 2. The molecule has 0 aliphatic heterocycles. The number of nitrogens with zero attached hydrogens (tertiary/aromatic N) is 1. The van der Waals surface area contributed by atoms with Crippen molar-refractivity contribution in [1.29, 1.82) is 0 Å². The van der Waals surface area contributed by atoms with E-state index in [-0.39, 0.29) is 18.1 Å². The average Bonchev–Trinajstić information content (AvgIpc) is 3.24. The van der Waals surface area contributed by atoms with Crippen molar-refractivity contribution in [2.45, 2.75) is 6.61 Å². The summed E-state index contributed by atoms with van der Waals surface area (Å²) in [4.78, 5) is 39.7. The molecule has 0 saturated carbocycles. The zero-order valence-corrected chi connectivity index (χ0v) is 19.2. The van der Waals surface area contributed by atoms with Gasteiger partial charge in [0.15, 0.2) is 6.61 Å². The number of hydrogen-bond donors (Lipinski definition) is 2. The van der Waals surface area contributed by atoms with E-state index in [2.05, 4.69) is 10.3 Å². The number of benzene rings is 2. The Kier molecular flexibility index (Phi) is 7.05. The first-order chi connectivity index (χ1) is 16.4. The molecule has 10 heteroatoms. The Balaban J connectivity index is 1.45. The minimum absolute atomic E-state index is 0.215. The van der Waals surface area contributed by atoms with E-state index in [1.54, 1.807) is 54.7 Å². The van der Waals surface area contributed by atoms with Crippen molar-refractivity contribution in [3.05, 3.63) is 88.0 Å². The molecule has 0 fully saturated rings. The summed E-state index contributed by atoms with van der Waals surface area (Å²) >= 11 is 7.30. The molecule has 0 saturated heterocycles. The highest BCUT2D eigenvalue weighted by Crippen LogP contribution is 2.30. The van der Waals surface area contributed by atoms with Crippen LogP contribution in [0.1, 0.15) is 26.3 Å². The lowest BCUT2D eigenvalue weighted by Gasteiger charge is -2.09. The SMILES string of the molecule is NC(=O)COC(=O)c1cncc2c(COc3cccc(NC(=O)c4cccc(Cl)c4)c3)csc12. The molecule has 2 heterocycles. The van der Waals surface area contributed by atoms with Crippen LogP contribution in [0.4, 0.5) is 5.69 Å². The number of amides is 2. The third kappa shape index (κ3) is 5.51. The zero-order valence-electron chi connectivity index (χ0n) is 17.6. The smallest absolute Gasteiger partial charge is 0.341 e. The Labute approximate surface area is 203 Å². The third-order valence-corrected chi connectivity index (χ3v) is 6.01. The normalized spacial score (nSPS) is 10.6. The number of pyridine rings is 1. The number of fused-ring (bicyclic) bond motifs is 1. The number of nitrogens with two attached hydrogens (primary N) is 1. The van der Waals surface area contributed by atoms with Gasteiger partial charge < -0.3 is 20.5 Å². The van der Waals surface area contributed by atoms with Crippen LogP contribution in [0.3, 0.4) is 0 Å². The molecule has 0 bridgehead atoms. The van der Waals surface area contributed by atoms with Gasteiger partial charge in [0.2, 0.25) is 0 Å². The van der Waals surface area contributed by atoms with E-state index >= 15 is 0 Å². The van der Waals surface area contributed by atoms with Crippen molar-refractivity contribution in [2.24, 2.45) is 5.73 Å². The topological polar surface area (TPSA) is 121 Å². The lowest BCUT2D eigenvalue weighted by molar-refractivity contribution is -0.121. The van der Waals surface area contributed by atoms with Crippen molar-refractivity contribution in [3.8, 4) is 5.75 Å². The van der Waals surface area contributed by atoms with Crippen LogP contribution in [0.15, 0.2) is 66.3 Å². The molecule has 172 valence electrons. The maximum absolute atomic E-state index is 12.5. The van der Waals surface area contributed by atoms with Crippen LogP contribution in [-0.4, -0.2) is 29.4 Å². The first-order valence-electron chi connectivity index (χ1n) is 10.00. The van der Waals surface area contributed by atoms with Crippen molar-refractivity contribution in [1.82, 2.24) is 4.98 Å². The Morgan fingerprint density at radius 1 is 1.09 bits per heavy atom. The second kappa shape index (κ2) is 10.3. The number of primary amides is 1. The van der Waals surface area contributed by atoms with Gasteiger partial charge in [0, 0.05) is 45.7 Å². The van der Waals surface area contributed by atoms with E-state index in [1.165, 1.54) is 17.5 Å². The molecule has 0 aliphatic carbocycles. The molecule has 4 rings (SSSR count). The summed E-state index contributed by atoms with van der Waals surface area (Å²) in [6.07, 6.45) is 3.02. The second-order valence-electron chi connectivity index (χ2n) is 7.15. The summed E-state index contributed by atoms with van der Waals surface area (Å²) in [5.74, 6) is -1.15. The van der Waals surface area contributed by atoms with Crippen LogP contribution in [0, 0.1) is 0 Å². The van der Waals surface area contributed by atoms with Crippen molar-refractivity contribution >= 4 is 56.5 Å². The van der Waals surface area contributed by atoms with E-state index in [0.717, 1.165) is 10.9 Å². The van der Waals surface area contributed by atoms with Crippen molar-refractivity contribution < 1.29 is 23.9 Å².